The first-order valence-electron chi connectivity index (χ1n) is 8.24. The van der Waals surface area contributed by atoms with Gasteiger partial charge in [0.1, 0.15) is 16.4 Å². The first-order chi connectivity index (χ1) is 13.1. The first kappa shape index (κ1) is 19.1. The van der Waals surface area contributed by atoms with E-state index in [4.69, 9.17) is 4.74 Å². The van der Waals surface area contributed by atoms with Crippen LogP contribution in [0.1, 0.15) is 23.1 Å². The molecule has 0 fully saturated rings. The molecule has 0 atom stereocenters. The molecule has 9 heteroatoms. The normalized spacial score (nSPS) is 10.6. The number of thiophene rings is 1. The quantitative estimate of drug-likeness (QED) is 0.461. The highest BCUT2D eigenvalue weighted by Gasteiger charge is 2.22. The maximum atomic E-state index is 12.5. The molecule has 0 bridgehead atoms. The maximum absolute atomic E-state index is 12.5. The van der Waals surface area contributed by atoms with E-state index in [0.29, 0.717) is 21.5 Å². The van der Waals surface area contributed by atoms with E-state index in [0.717, 1.165) is 11.1 Å². The number of hydrogen-bond acceptors (Lipinski definition) is 7. The van der Waals surface area contributed by atoms with Gasteiger partial charge in [-0.1, -0.05) is 42.1 Å². The van der Waals surface area contributed by atoms with Gasteiger partial charge in [0.15, 0.2) is 0 Å². The standard InChI is InChI=1S/C18H18N4O3S2/c1-3-25-17(24)15-13(12-7-5-4-6-8-12)9-26-16(15)20-14(23)10-27-18-19-11(2)21-22-18/h4-9H,3,10H2,1-2H3,(H,20,23)(H,19,21,22). The van der Waals surface area contributed by atoms with Gasteiger partial charge in [0.2, 0.25) is 11.1 Å². The Balaban J connectivity index is 1.78. The number of hydrogen-bond donors (Lipinski definition) is 2. The van der Waals surface area contributed by atoms with E-state index in [9.17, 15) is 9.59 Å². The molecule has 0 aliphatic heterocycles. The number of rotatable bonds is 7. The summed E-state index contributed by atoms with van der Waals surface area (Å²) in [7, 11) is 0. The lowest BCUT2D eigenvalue weighted by Gasteiger charge is -2.08. The minimum atomic E-state index is -0.454. The molecule has 0 radical (unpaired) electrons. The SMILES string of the molecule is CCOC(=O)c1c(-c2ccccc2)csc1NC(=O)CSc1n[nH]c(C)n1. The lowest BCUT2D eigenvalue weighted by molar-refractivity contribution is -0.113. The largest absolute Gasteiger partial charge is 0.462 e. The number of carbonyl (C=O) groups is 2. The molecule has 0 saturated heterocycles. The molecule has 0 aliphatic carbocycles. The van der Waals surface area contributed by atoms with Crippen LogP contribution in [0.3, 0.4) is 0 Å². The number of esters is 1. The maximum Gasteiger partial charge on any atom is 0.341 e. The number of aromatic nitrogens is 3. The summed E-state index contributed by atoms with van der Waals surface area (Å²) in [6.07, 6.45) is 0. The second-order valence-electron chi connectivity index (χ2n) is 5.48. The molecule has 1 aromatic carbocycles. The summed E-state index contributed by atoms with van der Waals surface area (Å²) < 4.78 is 5.19. The number of benzene rings is 1. The van der Waals surface area contributed by atoms with Crippen LogP contribution in [0.5, 0.6) is 0 Å². The highest BCUT2D eigenvalue weighted by Crippen LogP contribution is 2.36. The number of aromatic amines is 1. The van der Waals surface area contributed by atoms with Gasteiger partial charge in [0, 0.05) is 10.9 Å². The number of amides is 1. The smallest absolute Gasteiger partial charge is 0.341 e. The first-order valence-corrected chi connectivity index (χ1v) is 10.1. The van der Waals surface area contributed by atoms with Gasteiger partial charge in [0.25, 0.3) is 0 Å². The summed E-state index contributed by atoms with van der Waals surface area (Å²) in [5, 5.41) is 12.4. The Bertz CT molecular complexity index is 937. The fourth-order valence-corrected chi connectivity index (χ4v) is 3.98. The van der Waals surface area contributed by atoms with Crippen molar-refractivity contribution in [3.63, 3.8) is 0 Å². The van der Waals surface area contributed by atoms with Crippen LogP contribution in [0.15, 0.2) is 40.9 Å². The molecule has 27 heavy (non-hydrogen) atoms. The van der Waals surface area contributed by atoms with Crippen LogP contribution in [-0.2, 0) is 9.53 Å². The average Bonchev–Trinajstić information content (AvgIpc) is 3.27. The Kier molecular flexibility index (Phi) is 6.25. The number of carbonyl (C=O) groups excluding carboxylic acids is 2. The van der Waals surface area contributed by atoms with Crippen molar-refractivity contribution in [1.82, 2.24) is 15.2 Å². The molecule has 7 nitrogen and oxygen atoms in total. The van der Waals surface area contributed by atoms with Crippen molar-refractivity contribution in [2.24, 2.45) is 0 Å². The lowest BCUT2D eigenvalue weighted by Crippen LogP contribution is -2.16. The molecule has 1 amide bonds. The second kappa shape index (κ2) is 8.83. The molecule has 3 aromatic rings. The zero-order chi connectivity index (χ0) is 19.2. The molecule has 0 unspecified atom stereocenters. The Morgan fingerprint density at radius 2 is 2.07 bits per heavy atom. The zero-order valence-corrected chi connectivity index (χ0v) is 16.4. The van der Waals surface area contributed by atoms with E-state index >= 15 is 0 Å². The van der Waals surface area contributed by atoms with E-state index < -0.39 is 5.97 Å². The minimum Gasteiger partial charge on any atom is -0.462 e. The highest BCUT2D eigenvalue weighted by molar-refractivity contribution is 7.99. The van der Waals surface area contributed by atoms with Gasteiger partial charge in [-0.15, -0.1) is 16.4 Å². The Labute approximate surface area is 164 Å². The summed E-state index contributed by atoms with van der Waals surface area (Å²) in [5.74, 6) is 0.130. The van der Waals surface area contributed by atoms with Gasteiger partial charge >= 0.3 is 5.97 Å². The lowest BCUT2D eigenvalue weighted by atomic mass is 10.0. The Morgan fingerprint density at radius 3 is 2.74 bits per heavy atom. The summed E-state index contributed by atoms with van der Waals surface area (Å²) in [6, 6.07) is 9.53. The van der Waals surface area contributed by atoms with Crippen molar-refractivity contribution in [1.29, 1.82) is 0 Å². The van der Waals surface area contributed by atoms with E-state index in [1.54, 1.807) is 13.8 Å². The van der Waals surface area contributed by atoms with E-state index in [2.05, 4.69) is 20.5 Å². The van der Waals surface area contributed by atoms with E-state index in [1.165, 1.54) is 23.1 Å². The van der Waals surface area contributed by atoms with Crippen molar-refractivity contribution in [2.45, 2.75) is 19.0 Å². The number of H-pyrrole nitrogens is 1. The summed E-state index contributed by atoms with van der Waals surface area (Å²) >= 11 is 2.52. The molecule has 2 heterocycles. The monoisotopic (exact) mass is 402 g/mol. The van der Waals surface area contributed by atoms with Crippen molar-refractivity contribution in [2.75, 3.05) is 17.7 Å². The zero-order valence-electron chi connectivity index (χ0n) is 14.8. The predicted molar refractivity (Wildman–Crippen MR) is 106 cm³/mol. The Hall–Kier alpha value is -2.65. The van der Waals surface area contributed by atoms with E-state index in [-0.39, 0.29) is 18.3 Å². The summed E-state index contributed by atoms with van der Waals surface area (Å²) in [5.41, 5.74) is 2.01. The van der Waals surface area contributed by atoms with Gasteiger partial charge < -0.3 is 10.1 Å². The van der Waals surface area contributed by atoms with Gasteiger partial charge in [-0.25, -0.2) is 9.78 Å². The number of thioether (sulfide) groups is 1. The second-order valence-corrected chi connectivity index (χ2v) is 7.30. The molecule has 0 aliphatic rings. The number of aryl methyl sites for hydroxylation is 1. The number of ether oxygens (including phenoxy) is 1. The van der Waals surface area contributed by atoms with Crippen molar-refractivity contribution in [3.8, 4) is 11.1 Å². The third-order valence-corrected chi connectivity index (χ3v) is 5.26. The molecule has 2 N–H and O–H groups in total. The third kappa shape index (κ3) is 4.75. The fourth-order valence-electron chi connectivity index (χ4n) is 2.37. The van der Waals surface area contributed by atoms with Crippen molar-refractivity contribution in [3.05, 3.63) is 47.1 Å². The predicted octanol–water partition coefficient (Wildman–Crippen LogP) is 3.75. The van der Waals surface area contributed by atoms with E-state index in [1.807, 2.05) is 35.7 Å². The number of anilines is 1. The van der Waals surface area contributed by atoms with Crippen molar-refractivity contribution < 1.29 is 14.3 Å². The van der Waals surface area contributed by atoms with Crippen LogP contribution in [0.25, 0.3) is 11.1 Å². The Morgan fingerprint density at radius 1 is 1.30 bits per heavy atom. The molecular weight excluding hydrogens is 384 g/mol. The van der Waals surface area contributed by atoms with Crippen LogP contribution in [0.4, 0.5) is 5.00 Å². The third-order valence-electron chi connectivity index (χ3n) is 3.52. The summed E-state index contributed by atoms with van der Waals surface area (Å²) in [4.78, 5) is 29.0. The number of nitrogens with one attached hydrogen (secondary N) is 2. The van der Waals surface area contributed by atoms with Gasteiger partial charge in [-0.05, 0) is 19.4 Å². The van der Waals surface area contributed by atoms with Gasteiger partial charge in [0.05, 0.1) is 12.4 Å². The van der Waals surface area contributed by atoms with Crippen LogP contribution < -0.4 is 5.32 Å². The van der Waals surface area contributed by atoms with Crippen LogP contribution in [-0.4, -0.2) is 39.4 Å². The molecule has 140 valence electrons. The number of nitrogens with zero attached hydrogens (tertiary/aromatic N) is 2. The fraction of sp³-hybridized carbons (Fsp3) is 0.222. The molecule has 0 spiro atoms. The van der Waals surface area contributed by atoms with Crippen LogP contribution in [0.2, 0.25) is 0 Å². The highest BCUT2D eigenvalue weighted by atomic mass is 32.2. The molecule has 0 saturated carbocycles. The minimum absolute atomic E-state index is 0.137. The molecule has 3 rings (SSSR count). The summed E-state index contributed by atoms with van der Waals surface area (Å²) in [6.45, 7) is 3.80. The van der Waals surface area contributed by atoms with Crippen LogP contribution in [0, 0.1) is 6.92 Å². The van der Waals surface area contributed by atoms with Crippen LogP contribution >= 0.6 is 23.1 Å². The van der Waals surface area contributed by atoms with Gasteiger partial charge in [-0.2, -0.15) is 0 Å². The molecular formula is C18H18N4O3S2. The molecule has 2 aromatic heterocycles. The van der Waals surface area contributed by atoms with Crippen molar-refractivity contribution >= 4 is 40.0 Å². The topological polar surface area (TPSA) is 97.0 Å². The average molecular weight is 403 g/mol. The van der Waals surface area contributed by atoms with Gasteiger partial charge in [-0.3, -0.25) is 9.89 Å².